The number of carbonyl (C=O) groups is 1. The van der Waals surface area contributed by atoms with E-state index in [0.29, 0.717) is 42.9 Å². The Hall–Kier alpha value is -3.14. The van der Waals surface area contributed by atoms with E-state index in [4.69, 9.17) is 0 Å². The summed E-state index contributed by atoms with van der Waals surface area (Å²) < 4.78 is 25.2. The molecular formula is C19H22N4O5S. The molecule has 0 radical (unpaired) electrons. The summed E-state index contributed by atoms with van der Waals surface area (Å²) in [4.78, 5) is 23.0. The lowest BCUT2D eigenvalue weighted by atomic mass is 10.0. The average Bonchev–Trinajstić information content (AvgIpc) is 2.69. The molecule has 9 nitrogen and oxygen atoms in total. The number of hydrogen-bond donors (Lipinski definition) is 2. The van der Waals surface area contributed by atoms with Crippen molar-refractivity contribution in [2.45, 2.75) is 12.8 Å². The van der Waals surface area contributed by atoms with Gasteiger partial charge in [-0.25, -0.2) is 8.42 Å². The van der Waals surface area contributed by atoms with E-state index in [1.165, 1.54) is 16.6 Å². The number of rotatable bonds is 7. The molecule has 3 rings (SSSR count). The molecule has 0 fully saturated rings. The van der Waals surface area contributed by atoms with Gasteiger partial charge in [-0.1, -0.05) is 12.1 Å². The zero-order chi connectivity index (χ0) is 21.0. The van der Waals surface area contributed by atoms with Gasteiger partial charge in [-0.05, 0) is 42.7 Å². The Morgan fingerprint density at radius 2 is 1.97 bits per heavy atom. The highest BCUT2D eigenvalue weighted by atomic mass is 32.2. The van der Waals surface area contributed by atoms with Gasteiger partial charge in [0, 0.05) is 31.3 Å². The molecule has 1 amide bonds. The first kappa shape index (κ1) is 20.6. The van der Waals surface area contributed by atoms with Crippen molar-refractivity contribution in [3.05, 3.63) is 63.7 Å². The van der Waals surface area contributed by atoms with Crippen LogP contribution >= 0.6 is 0 Å². The Morgan fingerprint density at radius 3 is 2.69 bits per heavy atom. The summed E-state index contributed by atoms with van der Waals surface area (Å²) in [5, 5.41) is 16.7. The van der Waals surface area contributed by atoms with Crippen LogP contribution in [0.2, 0.25) is 0 Å². The number of nitro benzene ring substituents is 1. The van der Waals surface area contributed by atoms with E-state index in [0.717, 1.165) is 5.56 Å². The van der Waals surface area contributed by atoms with Crippen molar-refractivity contribution in [3.8, 4) is 0 Å². The third-order valence-corrected chi connectivity index (χ3v) is 5.82. The third kappa shape index (κ3) is 4.83. The van der Waals surface area contributed by atoms with Gasteiger partial charge in [-0.3, -0.25) is 19.2 Å². The van der Waals surface area contributed by atoms with Crippen molar-refractivity contribution in [2.24, 2.45) is 0 Å². The van der Waals surface area contributed by atoms with Crippen molar-refractivity contribution < 1.29 is 18.1 Å². The molecule has 2 aromatic rings. The zero-order valence-corrected chi connectivity index (χ0v) is 16.7. The second kappa shape index (κ2) is 8.48. The SMILES string of the molecule is CS(=O)(=O)N1CCCc2cc(C(=O)NCCNc3ccccc3[N+](=O)[O-])ccc21. The molecule has 2 aromatic carbocycles. The number of benzene rings is 2. The van der Waals surface area contributed by atoms with Crippen LogP contribution in [0.25, 0.3) is 0 Å². The van der Waals surface area contributed by atoms with E-state index >= 15 is 0 Å². The zero-order valence-electron chi connectivity index (χ0n) is 15.9. The maximum atomic E-state index is 12.4. The van der Waals surface area contributed by atoms with E-state index in [9.17, 15) is 23.3 Å². The highest BCUT2D eigenvalue weighted by Gasteiger charge is 2.24. The minimum Gasteiger partial charge on any atom is -0.378 e. The molecule has 0 unspecified atom stereocenters. The molecule has 0 atom stereocenters. The monoisotopic (exact) mass is 418 g/mol. The number of nitrogens with zero attached hydrogens (tertiary/aromatic N) is 2. The lowest BCUT2D eigenvalue weighted by molar-refractivity contribution is -0.384. The maximum Gasteiger partial charge on any atom is 0.292 e. The van der Waals surface area contributed by atoms with Crippen molar-refractivity contribution in [1.29, 1.82) is 0 Å². The van der Waals surface area contributed by atoms with Crippen LogP contribution in [0.4, 0.5) is 17.1 Å². The molecule has 2 N–H and O–H groups in total. The summed E-state index contributed by atoms with van der Waals surface area (Å²) in [6.07, 6.45) is 2.58. The third-order valence-electron chi connectivity index (χ3n) is 4.64. The molecule has 0 bridgehead atoms. The van der Waals surface area contributed by atoms with Gasteiger partial charge >= 0.3 is 0 Å². The van der Waals surface area contributed by atoms with E-state index in [2.05, 4.69) is 10.6 Å². The molecule has 0 spiro atoms. The summed E-state index contributed by atoms with van der Waals surface area (Å²) in [7, 11) is -3.35. The second-order valence-electron chi connectivity index (χ2n) is 6.74. The molecule has 0 saturated heterocycles. The van der Waals surface area contributed by atoms with E-state index in [-0.39, 0.29) is 18.1 Å². The molecular weight excluding hydrogens is 396 g/mol. The summed E-state index contributed by atoms with van der Waals surface area (Å²) in [6.45, 7) is 1.04. The van der Waals surface area contributed by atoms with Crippen molar-refractivity contribution in [3.63, 3.8) is 0 Å². The quantitative estimate of drug-likeness (QED) is 0.404. The molecule has 154 valence electrons. The fourth-order valence-electron chi connectivity index (χ4n) is 3.31. The number of amides is 1. The Balaban J connectivity index is 1.60. The number of hydrogen-bond acceptors (Lipinski definition) is 6. The van der Waals surface area contributed by atoms with Crippen LogP contribution in [-0.2, 0) is 16.4 Å². The largest absolute Gasteiger partial charge is 0.378 e. The fourth-order valence-corrected chi connectivity index (χ4v) is 4.30. The summed E-state index contributed by atoms with van der Waals surface area (Å²) in [5.74, 6) is -0.284. The van der Waals surface area contributed by atoms with E-state index in [1.807, 2.05) is 0 Å². The van der Waals surface area contributed by atoms with Gasteiger partial charge in [0.25, 0.3) is 11.6 Å². The van der Waals surface area contributed by atoms with Crippen LogP contribution in [0.15, 0.2) is 42.5 Å². The highest BCUT2D eigenvalue weighted by molar-refractivity contribution is 7.92. The van der Waals surface area contributed by atoms with Gasteiger partial charge in [-0.2, -0.15) is 0 Å². The van der Waals surface area contributed by atoms with E-state index < -0.39 is 14.9 Å². The number of nitrogens with one attached hydrogen (secondary N) is 2. The number of para-hydroxylation sites is 2. The predicted octanol–water partition coefficient (Wildman–Crippen LogP) is 2.15. The molecule has 1 aliphatic heterocycles. The number of anilines is 2. The van der Waals surface area contributed by atoms with Crippen molar-refractivity contribution >= 4 is 33.0 Å². The summed E-state index contributed by atoms with van der Waals surface area (Å²) in [6, 6.07) is 11.3. The number of fused-ring (bicyclic) bond motifs is 1. The smallest absolute Gasteiger partial charge is 0.292 e. The fraction of sp³-hybridized carbons (Fsp3) is 0.316. The number of sulfonamides is 1. The summed E-state index contributed by atoms with van der Waals surface area (Å²) in [5.41, 5.74) is 2.26. The minimum atomic E-state index is -3.35. The van der Waals surface area contributed by atoms with Crippen LogP contribution in [0.3, 0.4) is 0 Å². The Bertz CT molecular complexity index is 1040. The molecule has 1 heterocycles. The van der Waals surface area contributed by atoms with Crippen molar-refractivity contribution in [1.82, 2.24) is 5.32 Å². The molecule has 29 heavy (non-hydrogen) atoms. The second-order valence-corrected chi connectivity index (χ2v) is 8.65. The average molecular weight is 418 g/mol. The van der Waals surface area contributed by atoms with Gasteiger partial charge in [-0.15, -0.1) is 0 Å². The topological polar surface area (TPSA) is 122 Å². The lowest BCUT2D eigenvalue weighted by Gasteiger charge is -2.29. The van der Waals surface area contributed by atoms with Crippen LogP contribution in [0.5, 0.6) is 0 Å². The highest BCUT2D eigenvalue weighted by Crippen LogP contribution is 2.29. The number of carbonyl (C=O) groups excluding carboxylic acids is 1. The predicted molar refractivity (Wildman–Crippen MR) is 111 cm³/mol. The van der Waals surface area contributed by atoms with Gasteiger partial charge in [0.2, 0.25) is 10.0 Å². The van der Waals surface area contributed by atoms with Gasteiger partial charge in [0.15, 0.2) is 0 Å². The lowest BCUT2D eigenvalue weighted by Crippen LogP contribution is -2.35. The molecule has 0 saturated carbocycles. The Morgan fingerprint density at radius 1 is 1.21 bits per heavy atom. The normalized spacial score (nSPS) is 13.5. The van der Waals surface area contributed by atoms with Crippen LogP contribution in [0, 0.1) is 10.1 Å². The van der Waals surface area contributed by atoms with E-state index in [1.54, 1.807) is 36.4 Å². The number of nitro groups is 1. The maximum absolute atomic E-state index is 12.4. The van der Waals surface area contributed by atoms with Gasteiger partial charge in [0.1, 0.15) is 5.69 Å². The Kier molecular flexibility index (Phi) is 6.02. The summed E-state index contributed by atoms with van der Waals surface area (Å²) >= 11 is 0. The van der Waals surface area contributed by atoms with Crippen LogP contribution < -0.4 is 14.9 Å². The molecule has 0 aromatic heterocycles. The first-order chi connectivity index (χ1) is 13.8. The first-order valence-corrected chi connectivity index (χ1v) is 11.0. The number of aryl methyl sites for hydroxylation is 1. The molecule has 10 heteroatoms. The first-order valence-electron chi connectivity index (χ1n) is 9.13. The Labute approximate surface area is 168 Å². The van der Waals surface area contributed by atoms with Gasteiger partial charge < -0.3 is 10.6 Å². The molecule has 1 aliphatic rings. The van der Waals surface area contributed by atoms with Crippen LogP contribution in [0.1, 0.15) is 22.3 Å². The van der Waals surface area contributed by atoms with Crippen LogP contribution in [-0.4, -0.2) is 45.1 Å². The van der Waals surface area contributed by atoms with Crippen molar-refractivity contribution in [2.75, 3.05) is 35.5 Å². The standard InChI is InChI=1S/C19H22N4O5S/c1-29(27,28)22-12-4-5-14-13-15(8-9-17(14)22)19(24)21-11-10-20-16-6-2-3-7-18(16)23(25)26/h2-3,6-9,13,20H,4-5,10-12H2,1H3,(H,21,24). The molecule has 0 aliphatic carbocycles. The minimum absolute atomic E-state index is 0.0241. The van der Waals surface area contributed by atoms with Gasteiger partial charge in [0.05, 0.1) is 16.9 Å².